The van der Waals surface area contributed by atoms with Crippen LogP contribution in [0.1, 0.15) is 33.3 Å². The Labute approximate surface area is 128 Å². The number of halogens is 4. The van der Waals surface area contributed by atoms with Gasteiger partial charge in [-0.05, 0) is 29.8 Å². The number of hydrogen-bond acceptors (Lipinski definition) is 1. The summed E-state index contributed by atoms with van der Waals surface area (Å²) in [4.78, 5) is 0. The van der Waals surface area contributed by atoms with Crippen LogP contribution in [0.15, 0.2) is 42.5 Å². The molecule has 0 saturated heterocycles. The second-order valence-corrected chi connectivity index (χ2v) is 3.71. The highest BCUT2D eigenvalue weighted by Crippen LogP contribution is 2.39. The van der Waals surface area contributed by atoms with E-state index in [4.69, 9.17) is 5.11 Å². The molecule has 0 atom stereocenters. The van der Waals surface area contributed by atoms with Gasteiger partial charge in [0.15, 0.2) is 0 Å². The molecule has 0 fully saturated rings. The van der Waals surface area contributed by atoms with Crippen LogP contribution >= 0.6 is 0 Å². The van der Waals surface area contributed by atoms with Crippen molar-refractivity contribution >= 4 is 0 Å². The summed E-state index contributed by atoms with van der Waals surface area (Å²) in [5, 5.41) is 9.12. The summed E-state index contributed by atoms with van der Waals surface area (Å²) in [6.07, 6.45) is -4.66. The van der Waals surface area contributed by atoms with Crippen molar-refractivity contribution < 1.29 is 22.7 Å². The molecule has 22 heavy (non-hydrogen) atoms. The van der Waals surface area contributed by atoms with Gasteiger partial charge < -0.3 is 5.11 Å². The van der Waals surface area contributed by atoms with Crippen molar-refractivity contribution in [2.75, 3.05) is 0 Å². The molecule has 5 heteroatoms. The molecule has 0 amide bonds. The largest absolute Gasteiger partial charge is 0.508 e. The number of alkyl halides is 3. The first-order valence-corrected chi connectivity index (χ1v) is 7.04. The monoisotopic (exact) mass is 316 g/mol. The lowest BCUT2D eigenvalue weighted by Crippen LogP contribution is -2.07. The van der Waals surface area contributed by atoms with E-state index in [0.717, 1.165) is 18.2 Å². The third kappa shape index (κ3) is 5.06. The van der Waals surface area contributed by atoms with Crippen LogP contribution in [0, 0.1) is 5.82 Å². The maximum Gasteiger partial charge on any atom is 0.417 e. The Morgan fingerprint density at radius 3 is 1.86 bits per heavy atom. The molecule has 0 saturated carbocycles. The van der Waals surface area contributed by atoms with Gasteiger partial charge in [-0.25, -0.2) is 4.39 Å². The Kier molecular flexibility index (Phi) is 8.23. The van der Waals surface area contributed by atoms with Crippen molar-refractivity contribution in [3.05, 3.63) is 53.8 Å². The number of hydrogen-bond donors (Lipinski definition) is 1. The predicted molar refractivity (Wildman–Crippen MR) is 81.2 cm³/mol. The Morgan fingerprint density at radius 1 is 0.818 bits per heavy atom. The summed E-state index contributed by atoms with van der Waals surface area (Å²) in [5.74, 6) is -1.25. The molecule has 2 aromatic rings. The molecule has 0 aliphatic carbocycles. The van der Waals surface area contributed by atoms with E-state index < -0.39 is 23.3 Å². The molecule has 0 bridgehead atoms. The van der Waals surface area contributed by atoms with Gasteiger partial charge in [-0.1, -0.05) is 45.9 Å². The average Bonchev–Trinajstić information content (AvgIpc) is 2.51. The Morgan fingerprint density at radius 2 is 1.36 bits per heavy atom. The van der Waals surface area contributed by atoms with Crippen molar-refractivity contribution in [2.24, 2.45) is 0 Å². The summed E-state index contributed by atoms with van der Waals surface area (Å²) >= 11 is 0. The van der Waals surface area contributed by atoms with Crippen LogP contribution < -0.4 is 0 Å². The number of aromatic hydroxyl groups is 1. The highest BCUT2D eigenvalue weighted by Gasteiger charge is 2.34. The highest BCUT2D eigenvalue weighted by molar-refractivity contribution is 5.69. The molecule has 2 aromatic carbocycles. The number of benzene rings is 2. The van der Waals surface area contributed by atoms with Gasteiger partial charge >= 0.3 is 6.18 Å². The van der Waals surface area contributed by atoms with Crippen LogP contribution in [0.2, 0.25) is 0 Å². The SMILES string of the molecule is CC.CC.Oc1ccc(-c2ccccc2F)c(C(F)(F)F)c1. The molecular formula is C17H20F4O. The molecule has 0 heterocycles. The molecule has 0 unspecified atom stereocenters. The summed E-state index contributed by atoms with van der Waals surface area (Å²) in [5.41, 5.74) is -1.50. The van der Waals surface area contributed by atoms with Crippen LogP contribution in [0.25, 0.3) is 11.1 Å². The molecule has 0 spiro atoms. The zero-order valence-electron chi connectivity index (χ0n) is 13.0. The molecule has 2 rings (SSSR count). The minimum Gasteiger partial charge on any atom is -0.508 e. The third-order valence-electron chi connectivity index (χ3n) is 2.47. The molecule has 0 aromatic heterocycles. The zero-order chi connectivity index (χ0) is 17.3. The maximum absolute atomic E-state index is 13.5. The van der Waals surface area contributed by atoms with Crippen LogP contribution in [0.3, 0.4) is 0 Å². The minimum atomic E-state index is -4.66. The average molecular weight is 316 g/mol. The van der Waals surface area contributed by atoms with E-state index >= 15 is 0 Å². The van der Waals surface area contributed by atoms with E-state index in [1.807, 2.05) is 27.7 Å². The normalized spacial score (nSPS) is 10.0. The van der Waals surface area contributed by atoms with Crippen molar-refractivity contribution in [1.29, 1.82) is 0 Å². The predicted octanol–water partition coefficient (Wildman–Crippen LogP) is 6.27. The number of rotatable bonds is 1. The van der Waals surface area contributed by atoms with Crippen LogP contribution in [-0.2, 0) is 6.18 Å². The summed E-state index contributed by atoms with van der Waals surface area (Å²) in [6, 6.07) is 7.92. The van der Waals surface area contributed by atoms with Gasteiger partial charge in [0.25, 0.3) is 0 Å². The van der Waals surface area contributed by atoms with Crippen molar-refractivity contribution in [3.8, 4) is 16.9 Å². The molecular weight excluding hydrogens is 296 g/mol. The summed E-state index contributed by atoms with van der Waals surface area (Å²) in [6.45, 7) is 8.00. The molecule has 1 nitrogen and oxygen atoms in total. The van der Waals surface area contributed by atoms with Crippen LogP contribution in [0.5, 0.6) is 5.75 Å². The van der Waals surface area contributed by atoms with Gasteiger partial charge in [-0.3, -0.25) is 0 Å². The Bertz CT molecular complexity index is 577. The lowest BCUT2D eigenvalue weighted by Gasteiger charge is -2.13. The van der Waals surface area contributed by atoms with E-state index in [1.54, 1.807) is 0 Å². The highest BCUT2D eigenvalue weighted by atomic mass is 19.4. The fourth-order valence-electron chi connectivity index (χ4n) is 1.68. The van der Waals surface area contributed by atoms with Crippen molar-refractivity contribution in [1.82, 2.24) is 0 Å². The molecule has 0 aliphatic rings. The first kappa shape index (κ1) is 20.0. The molecule has 122 valence electrons. The molecule has 0 radical (unpaired) electrons. The second-order valence-electron chi connectivity index (χ2n) is 3.71. The van der Waals surface area contributed by atoms with Gasteiger partial charge in [0.05, 0.1) is 5.56 Å². The smallest absolute Gasteiger partial charge is 0.417 e. The van der Waals surface area contributed by atoms with Gasteiger partial charge in [0, 0.05) is 5.56 Å². The van der Waals surface area contributed by atoms with E-state index in [9.17, 15) is 17.6 Å². The first-order chi connectivity index (χ1) is 10.4. The lowest BCUT2D eigenvalue weighted by atomic mass is 9.98. The Hall–Kier alpha value is -2.04. The van der Waals surface area contributed by atoms with Gasteiger partial charge in [0.2, 0.25) is 0 Å². The fraction of sp³-hybridized carbons (Fsp3) is 0.294. The summed E-state index contributed by atoms with van der Waals surface area (Å²) < 4.78 is 52.0. The van der Waals surface area contributed by atoms with Gasteiger partial charge in [-0.2, -0.15) is 13.2 Å². The van der Waals surface area contributed by atoms with Gasteiger partial charge in [-0.15, -0.1) is 0 Å². The summed E-state index contributed by atoms with van der Waals surface area (Å²) in [7, 11) is 0. The topological polar surface area (TPSA) is 20.2 Å². The van der Waals surface area contributed by atoms with E-state index in [1.165, 1.54) is 18.2 Å². The van der Waals surface area contributed by atoms with E-state index in [2.05, 4.69) is 0 Å². The molecule has 1 N–H and O–H groups in total. The van der Waals surface area contributed by atoms with Crippen LogP contribution in [-0.4, -0.2) is 5.11 Å². The quantitative estimate of drug-likeness (QED) is 0.615. The van der Waals surface area contributed by atoms with Crippen molar-refractivity contribution in [3.63, 3.8) is 0 Å². The fourth-order valence-corrected chi connectivity index (χ4v) is 1.68. The lowest BCUT2D eigenvalue weighted by molar-refractivity contribution is -0.137. The zero-order valence-corrected chi connectivity index (χ0v) is 13.0. The first-order valence-electron chi connectivity index (χ1n) is 7.04. The standard InChI is InChI=1S/C13H8F4O.2C2H6/c14-12-4-2-1-3-10(12)9-6-5-8(18)7-11(9)13(15,16)17;2*1-2/h1-7,18H;2*1-2H3. The van der Waals surface area contributed by atoms with Gasteiger partial charge in [0.1, 0.15) is 11.6 Å². The van der Waals surface area contributed by atoms with E-state index in [-0.39, 0.29) is 11.1 Å². The second kappa shape index (κ2) is 9.07. The minimum absolute atomic E-state index is 0.148. The third-order valence-corrected chi connectivity index (χ3v) is 2.47. The van der Waals surface area contributed by atoms with Crippen LogP contribution in [0.4, 0.5) is 17.6 Å². The van der Waals surface area contributed by atoms with Crippen molar-refractivity contribution in [2.45, 2.75) is 33.9 Å². The van der Waals surface area contributed by atoms with E-state index in [0.29, 0.717) is 6.07 Å². The number of phenols is 1. The molecule has 0 aliphatic heterocycles. The number of phenolic OH excluding ortho intramolecular Hbond substituents is 1. The maximum atomic E-state index is 13.5. The Balaban J connectivity index is 0.00000102.